The van der Waals surface area contributed by atoms with Crippen molar-refractivity contribution in [3.63, 3.8) is 0 Å². The Morgan fingerprint density at radius 2 is 1.33 bits per heavy atom. The standard InChI is InChI=1S/C28H30N4O6.C2HF3O2/c33-25(10-6-16-30-24-9-4-5-15-29-24)31-23(18-27(36)37)28(38)32-22(17-26(34)35)21-13-11-20(12-14-21)19-7-2-1-3-8-19;3-2(4,5)1(6)7/h1-5,7-9,11-15,22-23H,6,10,16-18H2,(H,29,30)(H,31,33)(H,32,38)(H,34,35)(H,36,37);(H,6,7). The Morgan fingerprint density at radius 1 is 0.756 bits per heavy atom. The van der Waals surface area contributed by atoms with Gasteiger partial charge in [0.1, 0.15) is 11.9 Å². The number of anilines is 1. The molecule has 1 heterocycles. The predicted molar refractivity (Wildman–Crippen MR) is 155 cm³/mol. The van der Waals surface area contributed by atoms with Crippen molar-refractivity contribution in [3.05, 3.63) is 84.6 Å². The minimum Gasteiger partial charge on any atom is -0.481 e. The highest BCUT2D eigenvalue weighted by Gasteiger charge is 2.38. The number of carbonyl (C=O) groups excluding carboxylic acids is 2. The smallest absolute Gasteiger partial charge is 0.481 e. The maximum Gasteiger partial charge on any atom is 0.490 e. The molecule has 0 radical (unpaired) electrons. The molecular weight excluding hydrogens is 601 g/mol. The molecule has 3 aromatic rings. The molecule has 2 atom stereocenters. The Hall–Kier alpha value is -5.47. The summed E-state index contributed by atoms with van der Waals surface area (Å²) in [5.41, 5.74) is 2.45. The highest BCUT2D eigenvalue weighted by molar-refractivity contribution is 5.91. The summed E-state index contributed by atoms with van der Waals surface area (Å²) in [6.45, 7) is 0.458. The van der Waals surface area contributed by atoms with Gasteiger partial charge in [0.05, 0.1) is 18.9 Å². The molecule has 2 amide bonds. The fourth-order valence-electron chi connectivity index (χ4n) is 3.82. The van der Waals surface area contributed by atoms with Gasteiger partial charge in [0, 0.05) is 19.2 Å². The van der Waals surface area contributed by atoms with Gasteiger partial charge in [-0.15, -0.1) is 0 Å². The van der Waals surface area contributed by atoms with E-state index in [1.807, 2.05) is 48.5 Å². The van der Waals surface area contributed by atoms with E-state index in [0.717, 1.165) is 11.1 Å². The molecule has 0 saturated carbocycles. The lowest BCUT2D eigenvalue weighted by Crippen LogP contribution is -2.49. The van der Waals surface area contributed by atoms with E-state index in [2.05, 4.69) is 20.9 Å². The van der Waals surface area contributed by atoms with Crippen LogP contribution in [0.25, 0.3) is 11.1 Å². The third kappa shape index (κ3) is 13.6. The minimum atomic E-state index is -5.08. The molecule has 0 saturated heterocycles. The van der Waals surface area contributed by atoms with E-state index in [4.69, 9.17) is 9.90 Å². The Morgan fingerprint density at radius 3 is 1.87 bits per heavy atom. The van der Waals surface area contributed by atoms with Gasteiger partial charge in [-0.25, -0.2) is 9.78 Å². The summed E-state index contributed by atoms with van der Waals surface area (Å²) in [4.78, 5) is 61.3. The Labute approximate surface area is 255 Å². The lowest BCUT2D eigenvalue weighted by molar-refractivity contribution is -0.192. The number of carboxylic acid groups (broad SMARTS) is 3. The van der Waals surface area contributed by atoms with Gasteiger partial charge in [-0.05, 0) is 35.2 Å². The summed E-state index contributed by atoms with van der Waals surface area (Å²) in [5.74, 6) is -5.77. The van der Waals surface area contributed by atoms with Crippen molar-refractivity contribution in [2.24, 2.45) is 0 Å². The van der Waals surface area contributed by atoms with Gasteiger partial charge in [-0.2, -0.15) is 13.2 Å². The number of halogens is 3. The minimum absolute atomic E-state index is 0.0583. The van der Waals surface area contributed by atoms with Crippen LogP contribution >= 0.6 is 0 Å². The highest BCUT2D eigenvalue weighted by Crippen LogP contribution is 2.24. The van der Waals surface area contributed by atoms with Crippen LogP contribution in [0.5, 0.6) is 0 Å². The van der Waals surface area contributed by atoms with Gasteiger partial charge >= 0.3 is 24.1 Å². The van der Waals surface area contributed by atoms with Crippen molar-refractivity contribution >= 4 is 35.5 Å². The number of aromatic nitrogens is 1. The number of hydrogen-bond acceptors (Lipinski definition) is 7. The quantitative estimate of drug-likeness (QED) is 0.142. The molecule has 6 N–H and O–H groups in total. The van der Waals surface area contributed by atoms with Crippen LogP contribution in [-0.4, -0.2) is 68.8 Å². The Bertz CT molecular complexity index is 1420. The topological polar surface area (TPSA) is 195 Å². The number of carbonyl (C=O) groups is 5. The lowest BCUT2D eigenvalue weighted by atomic mass is 9.98. The zero-order chi connectivity index (χ0) is 33.4. The number of hydrogen-bond donors (Lipinski definition) is 6. The second kappa shape index (κ2) is 17.6. The van der Waals surface area contributed by atoms with E-state index in [-0.39, 0.29) is 6.42 Å². The van der Waals surface area contributed by atoms with E-state index in [1.165, 1.54) is 0 Å². The molecule has 0 aliphatic carbocycles. The van der Waals surface area contributed by atoms with Crippen molar-refractivity contribution in [3.8, 4) is 11.1 Å². The average molecular weight is 633 g/mol. The van der Waals surface area contributed by atoms with Crippen LogP contribution in [0.2, 0.25) is 0 Å². The van der Waals surface area contributed by atoms with E-state index < -0.39 is 60.8 Å². The van der Waals surface area contributed by atoms with Crippen LogP contribution < -0.4 is 16.0 Å². The fourth-order valence-corrected chi connectivity index (χ4v) is 3.82. The van der Waals surface area contributed by atoms with Gasteiger partial charge in [0.2, 0.25) is 11.8 Å². The molecule has 0 aliphatic rings. The number of nitrogens with zero attached hydrogens (tertiary/aromatic N) is 1. The van der Waals surface area contributed by atoms with Crippen molar-refractivity contribution in [2.75, 3.05) is 11.9 Å². The van der Waals surface area contributed by atoms with Crippen LogP contribution in [0.3, 0.4) is 0 Å². The van der Waals surface area contributed by atoms with Crippen LogP contribution in [0.15, 0.2) is 79.0 Å². The van der Waals surface area contributed by atoms with Crippen LogP contribution in [-0.2, 0) is 24.0 Å². The Kier molecular flexibility index (Phi) is 14.0. The molecule has 2 unspecified atom stereocenters. The first-order valence-corrected chi connectivity index (χ1v) is 13.4. The van der Waals surface area contributed by atoms with E-state index in [9.17, 15) is 42.6 Å². The van der Waals surface area contributed by atoms with Gasteiger partial charge in [-0.3, -0.25) is 19.2 Å². The van der Waals surface area contributed by atoms with Crippen LogP contribution in [0, 0.1) is 0 Å². The SMILES string of the molecule is O=C(O)C(F)(F)F.O=C(O)CC(NC(=O)CCCNc1ccccn1)C(=O)NC(CC(=O)O)c1ccc(-c2ccccc2)cc1. The third-order valence-corrected chi connectivity index (χ3v) is 5.94. The molecule has 15 heteroatoms. The second-order valence-corrected chi connectivity index (χ2v) is 9.41. The van der Waals surface area contributed by atoms with E-state index >= 15 is 0 Å². The highest BCUT2D eigenvalue weighted by atomic mass is 19.4. The number of amides is 2. The molecular formula is C30H31F3N4O8. The summed E-state index contributed by atoms with van der Waals surface area (Å²) in [6, 6.07) is 19.8. The van der Waals surface area contributed by atoms with Gasteiger partial charge < -0.3 is 31.3 Å². The molecule has 0 spiro atoms. The van der Waals surface area contributed by atoms with Gasteiger partial charge in [0.15, 0.2) is 0 Å². The lowest BCUT2D eigenvalue weighted by Gasteiger charge is -2.22. The first-order chi connectivity index (χ1) is 21.3. The molecule has 12 nitrogen and oxygen atoms in total. The average Bonchev–Trinajstić information content (AvgIpc) is 2.99. The van der Waals surface area contributed by atoms with Crippen molar-refractivity contribution < 1.29 is 52.5 Å². The zero-order valence-electron chi connectivity index (χ0n) is 23.7. The molecule has 45 heavy (non-hydrogen) atoms. The summed E-state index contributed by atoms with van der Waals surface area (Å²) < 4.78 is 31.7. The maximum absolute atomic E-state index is 13.0. The third-order valence-electron chi connectivity index (χ3n) is 5.94. The summed E-state index contributed by atoms with van der Waals surface area (Å²) in [7, 11) is 0. The number of aliphatic carboxylic acids is 3. The van der Waals surface area contributed by atoms with Gasteiger partial charge in [0.25, 0.3) is 0 Å². The van der Waals surface area contributed by atoms with Crippen molar-refractivity contribution in [1.82, 2.24) is 15.6 Å². The normalized spacial score (nSPS) is 12.0. The van der Waals surface area contributed by atoms with Crippen LogP contribution in [0.1, 0.15) is 37.3 Å². The molecule has 0 fully saturated rings. The van der Waals surface area contributed by atoms with Gasteiger partial charge in [-0.1, -0.05) is 60.7 Å². The van der Waals surface area contributed by atoms with Crippen molar-refractivity contribution in [2.45, 2.75) is 43.9 Å². The van der Waals surface area contributed by atoms with Crippen LogP contribution in [0.4, 0.5) is 19.0 Å². The van der Waals surface area contributed by atoms with E-state index in [1.54, 1.807) is 30.5 Å². The molecule has 0 aliphatic heterocycles. The summed E-state index contributed by atoms with van der Waals surface area (Å²) in [5, 5.41) is 33.9. The first-order valence-electron chi connectivity index (χ1n) is 13.4. The van der Waals surface area contributed by atoms with Crippen molar-refractivity contribution in [1.29, 1.82) is 0 Å². The molecule has 2 aromatic carbocycles. The molecule has 1 aromatic heterocycles. The zero-order valence-corrected chi connectivity index (χ0v) is 23.7. The number of benzene rings is 2. The number of nitrogens with one attached hydrogen (secondary N) is 3. The number of rotatable bonds is 14. The largest absolute Gasteiger partial charge is 0.490 e. The fraction of sp³-hybridized carbons (Fsp3) is 0.267. The maximum atomic E-state index is 13.0. The summed E-state index contributed by atoms with van der Waals surface area (Å²) >= 11 is 0. The molecule has 240 valence electrons. The molecule has 0 bridgehead atoms. The Balaban J connectivity index is 0.000000900. The number of alkyl halides is 3. The second-order valence-electron chi connectivity index (χ2n) is 9.41. The number of carboxylic acids is 3. The summed E-state index contributed by atoms with van der Waals surface area (Å²) in [6.07, 6.45) is -4.01. The molecule has 3 rings (SSSR count). The van der Waals surface area contributed by atoms with E-state index in [0.29, 0.717) is 24.3 Å². The first kappa shape index (κ1) is 35.7. The number of pyridine rings is 1. The monoisotopic (exact) mass is 632 g/mol. The predicted octanol–water partition coefficient (Wildman–Crippen LogP) is 3.87.